The van der Waals surface area contributed by atoms with Crippen molar-refractivity contribution < 1.29 is 14.9 Å². The molecular weight excluding hydrogens is 370 g/mol. The second-order valence-corrected chi connectivity index (χ2v) is 8.41. The van der Waals surface area contributed by atoms with Gasteiger partial charge in [0.25, 0.3) is 0 Å². The summed E-state index contributed by atoms with van der Waals surface area (Å²) >= 11 is 7.64. The third-order valence-electron chi connectivity index (χ3n) is 5.18. The number of piperazine rings is 1. The molecule has 0 radical (unpaired) electrons. The number of benzene rings is 1. The molecule has 138 valence electrons. The van der Waals surface area contributed by atoms with Crippen LogP contribution in [-0.2, 0) is 6.42 Å². The van der Waals surface area contributed by atoms with Gasteiger partial charge in [-0.15, -0.1) is 5.10 Å². The Kier molecular flexibility index (Phi) is 4.88. The molecule has 1 fully saturated rings. The molecular formula is C18H24ClN5OS+2. The van der Waals surface area contributed by atoms with Gasteiger partial charge in [-0.25, -0.2) is 4.98 Å². The highest BCUT2D eigenvalue weighted by atomic mass is 35.5. The van der Waals surface area contributed by atoms with E-state index in [9.17, 15) is 5.11 Å². The number of quaternary nitrogens is 2. The van der Waals surface area contributed by atoms with Crippen LogP contribution in [0.25, 0.3) is 4.96 Å². The fourth-order valence-electron chi connectivity index (χ4n) is 3.64. The van der Waals surface area contributed by atoms with E-state index in [1.54, 1.807) is 20.8 Å². The van der Waals surface area contributed by atoms with Crippen molar-refractivity contribution in [2.75, 3.05) is 33.2 Å². The summed E-state index contributed by atoms with van der Waals surface area (Å²) in [7, 11) is 2.24. The Labute approximate surface area is 161 Å². The van der Waals surface area contributed by atoms with E-state index in [-0.39, 0.29) is 11.9 Å². The first kappa shape index (κ1) is 17.7. The van der Waals surface area contributed by atoms with Crippen LogP contribution >= 0.6 is 22.9 Å². The number of nitrogens with one attached hydrogen (secondary N) is 2. The highest BCUT2D eigenvalue weighted by Gasteiger charge is 2.35. The molecule has 0 unspecified atom stereocenters. The van der Waals surface area contributed by atoms with E-state index in [0.717, 1.165) is 53.3 Å². The van der Waals surface area contributed by atoms with Gasteiger partial charge in [0.2, 0.25) is 10.8 Å². The molecule has 1 aliphatic heterocycles. The van der Waals surface area contributed by atoms with Crippen LogP contribution in [-0.4, -0.2) is 52.9 Å². The lowest BCUT2D eigenvalue weighted by molar-refractivity contribution is -1.02. The maximum atomic E-state index is 10.9. The van der Waals surface area contributed by atoms with Gasteiger partial charge in [0.1, 0.15) is 31.1 Å². The Balaban J connectivity index is 1.78. The molecule has 0 aliphatic carbocycles. The Morgan fingerprint density at radius 3 is 2.54 bits per heavy atom. The van der Waals surface area contributed by atoms with Crippen LogP contribution in [0, 0.1) is 0 Å². The zero-order valence-electron chi connectivity index (χ0n) is 15.0. The first-order chi connectivity index (χ1) is 12.6. The van der Waals surface area contributed by atoms with Crippen LogP contribution in [0.1, 0.15) is 29.2 Å². The maximum Gasteiger partial charge on any atom is 0.235 e. The van der Waals surface area contributed by atoms with Crippen molar-refractivity contribution in [3.63, 3.8) is 0 Å². The standard InChI is InChI=1S/C18H22ClN5OS/c1-3-14-20-18-24(21-14)17(25)16(26-18)15(12-4-6-13(19)7-5-12)23-10-8-22(2)9-11-23/h4-7,15,25H,3,8-11H2,1-2H3/p+2/t15-/m0/s1. The molecule has 3 heterocycles. The quantitative estimate of drug-likeness (QED) is 0.594. The first-order valence-electron chi connectivity index (χ1n) is 9.05. The topological polar surface area (TPSA) is 59.3 Å². The van der Waals surface area contributed by atoms with Crippen molar-refractivity contribution in [1.82, 2.24) is 14.6 Å². The van der Waals surface area contributed by atoms with Gasteiger partial charge in [0, 0.05) is 17.0 Å². The Morgan fingerprint density at radius 1 is 1.23 bits per heavy atom. The summed E-state index contributed by atoms with van der Waals surface area (Å²) in [5.41, 5.74) is 1.17. The van der Waals surface area contributed by atoms with Crippen LogP contribution in [0.2, 0.25) is 5.02 Å². The Morgan fingerprint density at radius 2 is 1.92 bits per heavy atom. The summed E-state index contributed by atoms with van der Waals surface area (Å²) in [6.07, 6.45) is 0.760. The van der Waals surface area contributed by atoms with Crippen LogP contribution in [0.3, 0.4) is 0 Å². The minimum absolute atomic E-state index is 0.0685. The lowest BCUT2D eigenvalue weighted by Gasteiger charge is -2.33. The number of aryl methyl sites for hydroxylation is 1. The molecule has 1 aromatic carbocycles. The minimum atomic E-state index is 0.0685. The molecule has 6 nitrogen and oxygen atoms in total. The van der Waals surface area contributed by atoms with Crippen molar-refractivity contribution in [3.05, 3.63) is 45.6 Å². The minimum Gasteiger partial charge on any atom is -0.492 e. The molecule has 0 spiro atoms. The van der Waals surface area contributed by atoms with Crippen molar-refractivity contribution in [1.29, 1.82) is 0 Å². The van der Waals surface area contributed by atoms with E-state index >= 15 is 0 Å². The predicted octanol–water partition coefficient (Wildman–Crippen LogP) is 0.215. The predicted molar refractivity (Wildman–Crippen MR) is 103 cm³/mol. The number of aromatic hydroxyl groups is 1. The third-order valence-corrected chi connectivity index (χ3v) is 6.52. The van der Waals surface area contributed by atoms with Crippen molar-refractivity contribution in [2.24, 2.45) is 0 Å². The fourth-order valence-corrected chi connectivity index (χ4v) is 4.93. The summed E-state index contributed by atoms with van der Waals surface area (Å²) < 4.78 is 1.59. The van der Waals surface area contributed by atoms with E-state index < -0.39 is 0 Å². The van der Waals surface area contributed by atoms with Crippen LogP contribution in [0.5, 0.6) is 5.88 Å². The van der Waals surface area contributed by atoms with E-state index in [1.165, 1.54) is 10.5 Å². The lowest BCUT2D eigenvalue weighted by Crippen LogP contribution is -3.27. The summed E-state index contributed by atoms with van der Waals surface area (Å²) in [5.74, 6) is 0.979. The number of nitrogens with zero attached hydrogens (tertiary/aromatic N) is 3. The summed E-state index contributed by atoms with van der Waals surface area (Å²) in [6, 6.07) is 8.05. The number of likely N-dealkylation sites (N-methyl/N-ethyl adjacent to an activating group) is 1. The largest absolute Gasteiger partial charge is 0.492 e. The molecule has 0 bridgehead atoms. The number of hydrogen-bond acceptors (Lipinski definition) is 4. The summed E-state index contributed by atoms with van der Waals surface area (Å²) in [6.45, 7) is 6.39. The molecule has 3 aromatic rings. The number of fused-ring (bicyclic) bond motifs is 1. The smallest absolute Gasteiger partial charge is 0.235 e. The average molecular weight is 394 g/mol. The zero-order chi connectivity index (χ0) is 18.3. The van der Waals surface area contributed by atoms with Crippen LogP contribution in [0.4, 0.5) is 0 Å². The van der Waals surface area contributed by atoms with E-state index in [4.69, 9.17) is 11.6 Å². The van der Waals surface area contributed by atoms with Crippen molar-refractivity contribution in [2.45, 2.75) is 19.4 Å². The van der Waals surface area contributed by atoms with E-state index in [0.29, 0.717) is 0 Å². The average Bonchev–Trinajstić information content (AvgIpc) is 3.18. The molecule has 4 rings (SSSR count). The van der Waals surface area contributed by atoms with E-state index in [1.807, 2.05) is 19.1 Å². The van der Waals surface area contributed by atoms with Crippen LogP contribution < -0.4 is 9.80 Å². The molecule has 0 amide bonds. The van der Waals surface area contributed by atoms with Gasteiger partial charge in [0.15, 0.2) is 11.9 Å². The van der Waals surface area contributed by atoms with E-state index in [2.05, 4.69) is 29.3 Å². The highest BCUT2D eigenvalue weighted by Crippen LogP contribution is 2.35. The number of thiazole rings is 1. The first-order valence-corrected chi connectivity index (χ1v) is 10.2. The molecule has 1 atom stereocenters. The highest BCUT2D eigenvalue weighted by molar-refractivity contribution is 7.17. The van der Waals surface area contributed by atoms with Gasteiger partial charge in [0.05, 0.1) is 7.05 Å². The van der Waals surface area contributed by atoms with Crippen molar-refractivity contribution in [3.8, 4) is 5.88 Å². The van der Waals surface area contributed by atoms with Gasteiger partial charge in [-0.3, -0.25) is 0 Å². The number of halogens is 1. The maximum absolute atomic E-state index is 10.9. The van der Waals surface area contributed by atoms with Crippen molar-refractivity contribution >= 4 is 27.9 Å². The molecule has 3 N–H and O–H groups in total. The molecule has 26 heavy (non-hydrogen) atoms. The SMILES string of the molecule is CCc1nc2sc([C@H](c3ccc(Cl)cc3)[NH+]3CC[NH+](C)CC3)c(O)n2n1. The van der Waals surface area contributed by atoms with Gasteiger partial charge >= 0.3 is 0 Å². The Hall–Kier alpha value is -1.67. The third kappa shape index (κ3) is 3.20. The number of aromatic nitrogens is 3. The number of hydrogen-bond donors (Lipinski definition) is 3. The van der Waals surface area contributed by atoms with Gasteiger partial charge in [-0.05, 0) is 12.1 Å². The Bertz CT molecular complexity index is 898. The van der Waals surface area contributed by atoms with Gasteiger partial charge < -0.3 is 14.9 Å². The normalized spacial score (nSPS) is 22.0. The van der Waals surface area contributed by atoms with Gasteiger partial charge in [-0.1, -0.05) is 42.0 Å². The molecule has 0 saturated carbocycles. The zero-order valence-corrected chi connectivity index (χ0v) is 16.6. The van der Waals surface area contributed by atoms with Gasteiger partial charge in [-0.2, -0.15) is 4.52 Å². The summed E-state index contributed by atoms with van der Waals surface area (Å²) in [4.78, 5) is 9.25. The molecule has 1 aliphatic rings. The number of rotatable bonds is 4. The second kappa shape index (κ2) is 7.15. The van der Waals surface area contributed by atoms with Crippen LogP contribution in [0.15, 0.2) is 24.3 Å². The fraction of sp³-hybridized carbons (Fsp3) is 0.444. The molecule has 1 saturated heterocycles. The lowest BCUT2D eigenvalue weighted by atomic mass is 10.0. The molecule has 2 aromatic heterocycles. The summed E-state index contributed by atoms with van der Waals surface area (Å²) in [5, 5.41) is 16.1. The monoisotopic (exact) mass is 393 g/mol. The molecule has 8 heteroatoms. The second-order valence-electron chi connectivity index (χ2n) is 6.97.